The van der Waals surface area contributed by atoms with Crippen molar-refractivity contribution in [2.24, 2.45) is 0 Å². The molecule has 0 saturated carbocycles. The zero-order valence-electron chi connectivity index (χ0n) is 15.7. The molecule has 0 aliphatic carbocycles. The number of ether oxygens (including phenoxy) is 3. The molecule has 3 rings (SSSR count). The van der Waals surface area contributed by atoms with Crippen molar-refractivity contribution in [1.82, 2.24) is 0 Å². The first-order valence-corrected chi connectivity index (χ1v) is 9.16. The van der Waals surface area contributed by atoms with Crippen molar-refractivity contribution in [2.45, 2.75) is 31.2 Å². The van der Waals surface area contributed by atoms with E-state index >= 15 is 0 Å². The van der Waals surface area contributed by atoms with Gasteiger partial charge in [-0.2, -0.15) is 0 Å². The summed E-state index contributed by atoms with van der Waals surface area (Å²) in [6, 6.07) is 12.9. The van der Waals surface area contributed by atoms with E-state index in [9.17, 15) is 18.8 Å². The third-order valence-corrected chi connectivity index (χ3v) is 4.78. The molecule has 1 aliphatic rings. The lowest BCUT2D eigenvalue weighted by Crippen LogP contribution is -2.42. The van der Waals surface area contributed by atoms with Gasteiger partial charge < -0.3 is 14.2 Å². The number of hydrogen-bond acceptors (Lipinski definition) is 6. The number of hydrogen-bond donors (Lipinski definition) is 0. The summed E-state index contributed by atoms with van der Waals surface area (Å²) >= 11 is 5.63. The number of cyclic esters (lactones) is 1. The van der Waals surface area contributed by atoms with Crippen LogP contribution >= 0.6 is 11.6 Å². The summed E-state index contributed by atoms with van der Waals surface area (Å²) in [7, 11) is 0. The number of aryl methyl sites for hydroxylation is 2. The van der Waals surface area contributed by atoms with Crippen LogP contribution in [-0.4, -0.2) is 41.9 Å². The van der Waals surface area contributed by atoms with E-state index in [-0.39, 0.29) is 11.1 Å². The van der Waals surface area contributed by atoms with Gasteiger partial charge in [0.2, 0.25) is 6.10 Å². The molecule has 29 heavy (non-hydrogen) atoms. The van der Waals surface area contributed by atoms with Crippen molar-refractivity contribution in [3.05, 3.63) is 70.8 Å². The molecule has 0 aromatic heterocycles. The third-order valence-electron chi connectivity index (χ3n) is 4.41. The van der Waals surface area contributed by atoms with Gasteiger partial charge in [0.1, 0.15) is 6.61 Å². The summed E-state index contributed by atoms with van der Waals surface area (Å²) in [5.74, 6) is -2.99. The molecule has 1 heterocycles. The SMILES string of the molecule is Cc1ccc(C(=O)OC[C@H]2OC(=O)[C@@](F)(Cl)[C@@H]2OC(=O)c2ccc(C)cc2)cc1. The zero-order valence-corrected chi connectivity index (χ0v) is 16.4. The van der Waals surface area contributed by atoms with Gasteiger partial charge in [0, 0.05) is 0 Å². The Hall–Kier alpha value is -2.93. The predicted octanol–water partition coefficient (Wildman–Crippen LogP) is 3.52. The number of halogens is 2. The molecule has 3 atom stereocenters. The summed E-state index contributed by atoms with van der Waals surface area (Å²) < 4.78 is 29.7. The number of carbonyl (C=O) groups is 3. The molecule has 6 nitrogen and oxygen atoms in total. The summed E-state index contributed by atoms with van der Waals surface area (Å²) in [5.41, 5.74) is 2.29. The van der Waals surface area contributed by atoms with Crippen molar-refractivity contribution in [3.63, 3.8) is 0 Å². The van der Waals surface area contributed by atoms with Crippen molar-refractivity contribution >= 4 is 29.5 Å². The molecule has 1 saturated heterocycles. The Balaban J connectivity index is 1.70. The topological polar surface area (TPSA) is 78.9 Å². The molecule has 0 amide bonds. The van der Waals surface area contributed by atoms with E-state index in [0.717, 1.165) is 11.1 Å². The maximum absolute atomic E-state index is 14.6. The lowest BCUT2D eigenvalue weighted by atomic mass is 10.1. The fourth-order valence-corrected chi connectivity index (χ4v) is 2.93. The first-order valence-electron chi connectivity index (χ1n) is 8.79. The highest BCUT2D eigenvalue weighted by molar-refractivity contribution is 6.34. The van der Waals surface area contributed by atoms with Crippen LogP contribution in [0.3, 0.4) is 0 Å². The van der Waals surface area contributed by atoms with Crippen LogP contribution in [0.2, 0.25) is 0 Å². The average molecular weight is 421 g/mol. The Bertz CT molecular complexity index is 923. The van der Waals surface area contributed by atoms with Gasteiger partial charge in [-0.05, 0) is 38.1 Å². The van der Waals surface area contributed by atoms with E-state index in [1.165, 1.54) is 12.1 Å². The van der Waals surface area contributed by atoms with Crippen LogP contribution in [-0.2, 0) is 19.0 Å². The highest BCUT2D eigenvalue weighted by atomic mass is 35.5. The Morgan fingerprint density at radius 2 is 1.48 bits per heavy atom. The lowest BCUT2D eigenvalue weighted by molar-refractivity contribution is -0.147. The molecule has 152 valence electrons. The molecule has 0 unspecified atom stereocenters. The van der Waals surface area contributed by atoms with Gasteiger partial charge in [0.15, 0.2) is 6.10 Å². The minimum absolute atomic E-state index is 0.151. The number of benzene rings is 2. The quantitative estimate of drug-likeness (QED) is 0.418. The van der Waals surface area contributed by atoms with E-state index in [0.29, 0.717) is 0 Å². The molecule has 2 aromatic carbocycles. The van der Waals surface area contributed by atoms with Crippen molar-refractivity contribution < 1.29 is 33.0 Å². The smallest absolute Gasteiger partial charge is 0.364 e. The van der Waals surface area contributed by atoms with Crippen LogP contribution in [0.1, 0.15) is 31.8 Å². The van der Waals surface area contributed by atoms with Gasteiger partial charge in [-0.25, -0.2) is 18.8 Å². The molecule has 0 spiro atoms. The number of esters is 3. The fraction of sp³-hybridized carbons (Fsp3) is 0.286. The van der Waals surface area contributed by atoms with E-state index in [4.69, 9.17) is 25.8 Å². The minimum Gasteiger partial charge on any atom is -0.458 e. The third kappa shape index (κ3) is 4.56. The number of rotatable bonds is 5. The predicted molar refractivity (Wildman–Crippen MR) is 101 cm³/mol. The number of carbonyl (C=O) groups excluding carboxylic acids is 3. The monoisotopic (exact) mass is 420 g/mol. The number of alkyl halides is 2. The van der Waals surface area contributed by atoms with Crippen LogP contribution in [0.4, 0.5) is 4.39 Å². The van der Waals surface area contributed by atoms with E-state index in [1.54, 1.807) is 36.4 Å². The van der Waals surface area contributed by atoms with Crippen molar-refractivity contribution in [1.29, 1.82) is 0 Å². The maximum atomic E-state index is 14.6. The second-order valence-corrected chi connectivity index (χ2v) is 7.27. The maximum Gasteiger partial charge on any atom is 0.364 e. The average Bonchev–Trinajstić information content (AvgIpc) is 2.90. The molecule has 0 N–H and O–H groups in total. The van der Waals surface area contributed by atoms with E-state index in [1.807, 2.05) is 13.8 Å². The van der Waals surface area contributed by atoms with E-state index in [2.05, 4.69) is 0 Å². The Labute approximate surface area is 171 Å². The molecular weight excluding hydrogens is 403 g/mol. The van der Waals surface area contributed by atoms with Gasteiger partial charge in [-0.1, -0.05) is 47.0 Å². The Morgan fingerprint density at radius 3 is 2.00 bits per heavy atom. The van der Waals surface area contributed by atoms with Gasteiger partial charge >= 0.3 is 23.0 Å². The van der Waals surface area contributed by atoms with Gasteiger partial charge in [0.25, 0.3) is 0 Å². The molecule has 2 aromatic rings. The van der Waals surface area contributed by atoms with Gasteiger partial charge in [0.05, 0.1) is 11.1 Å². The summed E-state index contributed by atoms with van der Waals surface area (Å²) in [5, 5.41) is -3.08. The fourth-order valence-electron chi connectivity index (χ4n) is 2.70. The van der Waals surface area contributed by atoms with Crippen LogP contribution in [0.15, 0.2) is 48.5 Å². The standard InChI is InChI=1S/C21H18ClFO6/c1-12-3-7-14(8-4-12)18(24)27-11-16-17(21(22,23)20(26)28-16)29-19(25)15-9-5-13(2)6-10-15/h3-10,16-17H,11H2,1-2H3/t16-,17-,21-/m1/s1. The van der Waals surface area contributed by atoms with Gasteiger partial charge in [-0.15, -0.1) is 0 Å². The van der Waals surface area contributed by atoms with Crippen LogP contribution in [0.5, 0.6) is 0 Å². The van der Waals surface area contributed by atoms with Crippen molar-refractivity contribution in [2.75, 3.05) is 6.61 Å². The molecule has 1 fully saturated rings. The van der Waals surface area contributed by atoms with Crippen LogP contribution < -0.4 is 0 Å². The zero-order chi connectivity index (χ0) is 21.2. The van der Waals surface area contributed by atoms with Crippen LogP contribution in [0, 0.1) is 13.8 Å². The largest absolute Gasteiger partial charge is 0.458 e. The second kappa shape index (κ2) is 8.21. The van der Waals surface area contributed by atoms with Gasteiger partial charge in [-0.3, -0.25) is 0 Å². The van der Waals surface area contributed by atoms with E-state index < -0.39 is 41.9 Å². The highest BCUT2D eigenvalue weighted by Crippen LogP contribution is 2.37. The van der Waals surface area contributed by atoms with Crippen molar-refractivity contribution in [3.8, 4) is 0 Å². The summed E-state index contributed by atoms with van der Waals surface area (Å²) in [6.07, 6.45) is -3.16. The lowest BCUT2D eigenvalue weighted by Gasteiger charge is -2.21. The summed E-state index contributed by atoms with van der Waals surface area (Å²) in [6.45, 7) is 3.17. The highest BCUT2D eigenvalue weighted by Gasteiger charge is 2.61. The molecular formula is C21H18ClFO6. The first-order chi connectivity index (χ1) is 13.7. The second-order valence-electron chi connectivity index (χ2n) is 6.72. The summed E-state index contributed by atoms with van der Waals surface area (Å²) in [4.78, 5) is 36.2. The Morgan fingerprint density at radius 1 is 1.00 bits per heavy atom. The molecule has 0 radical (unpaired) electrons. The first kappa shape index (κ1) is 20.8. The molecule has 8 heteroatoms. The minimum atomic E-state index is -3.08. The molecule has 1 aliphatic heterocycles. The Kier molecular flexibility index (Phi) is 5.88. The normalized spacial score (nSPS) is 23.4. The molecule has 0 bridgehead atoms. The van der Waals surface area contributed by atoms with Crippen LogP contribution in [0.25, 0.3) is 0 Å².